The van der Waals surface area contributed by atoms with E-state index in [0.717, 1.165) is 17.9 Å². The zero-order valence-electron chi connectivity index (χ0n) is 10.3. The fourth-order valence-corrected chi connectivity index (χ4v) is 1.55. The van der Waals surface area contributed by atoms with Gasteiger partial charge in [0.25, 0.3) is 0 Å². The molecule has 0 unspecified atom stereocenters. The Morgan fingerprint density at radius 2 is 1.78 bits per heavy atom. The van der Waals surface area contributed by atoms with E-state index < -0.39 is 0 Å². The Bertz CT molecular complexity index is 492. The first-order chi connectivity index (χ1) is 8.88. The maximum atomic E-state index is 5.09. The van der Waals surface area contributed by atoms with Gasteiger partial charge in [0.05, 0.1) is 12.8 Å². The molecule has 0 aliphatic rings. The minimum atomic E-state index is 0.823. The van der Waals surface area contributed by atoms with Crippen LogP contribution >= 0.6 is 0 Å². The Morgan fingerprint density at radius 3 is 2.44 bits per heavy atom. The highest BCUT2D eigenvalue weighted by Crippen LogP contribution is 2.14. The van der Waals surface area contributed by atoms with Crippen LogP contribution in [0, 0.1) is 0 Å². The van der Waals surface area contributed by atoms with Crippen molar-refractivity contribution in [2.24, 2.45) is 5.10 Å². The SMILES string of the molecule is COc1ccc(NN=CCc2ccccc2)cc1. The van der Waals surface area contributed by atoms with Gasteiger partial charge < -0.3 is 4.74 Å². The summed E-state index contributed by atoms with van der Waals surface area (Å²) in [4.78, 5) is 0. The Balaban J connectivity index is 1.83. The van der Waals surface area contributed by atoms with E-state index in [1.54, 1.807) is 7.11 Å². The van der Waals surface area contributed by atoms with Gasteiger partial charge in [0.15, 0.2) is 0 Å². The number of nitrogens with one attached hydrogen (secondary N) is 1. The molecule has 2 aromatic rings. The van der Waals surface area contributed by atoms with Gasteiger partial charge in [-0.25, -0.2) is 0 Å². The van der Waals surface area contributed by atoms with E-state index >= 15 is 0 Å². The normalized spacial score (nSPS) is 10.5. The molecule has 0 spiro atoms. The molecule has 0 amide bonds. The maximum Gasteiger partial charge on any atom is 0.119 e. The van der Waals surface area contributed by atoms with Gasteiger partial charge >= 0.3 is 0 Å². The number of methoxy groups -OCH3 is 1. The van der Waals surface area contributed by atoms with Crippen LogP contribution in [0.4, 0.5) is 5.69 Å². The highest BCUT2D eigenvalue weighted by molar-refractivity contribution is 5.63. The lowest BCUT2D eigenvalue weighted by Crippen LogP contribution is -1.92. The Hall–Kier alpha value is -2.29. The molecule has 0 saturated carbocycles. The summed E-state index contributed by atoms with van der Waals surface area (Å²) in [6.45, 7) is 0. The molecule has 0 aliphatic carbocycles. The standard InChI is InChI=1S/C15H16N2O/c1-18-15-9-7-14(8-10-15)17-16-12-11-13-5-3-2-4-6-13/h2-10,12,17H,11H2,1H3. The summed E-state index contributed by atoms with van der Waals surface area (Å²) >= 11 is 0. The molecule has 92 valence electrons. The molecule has 0 saturated heterocycles. The molecular formula is C15H16N2O. The quantitative estimate of drug-likeness (QED) is 0.642. The van der Waals surface area contributed by atoms with Gasteiger partial charge in [-0.15, -0.1) is 0 Å². The minimum Gasteiger partial charge on any atom is -0.497 e. The van der Waals surface area contributed by atoms with Crippen molar-refractivity contribution in [3.8, 4) is 5.75 Å². The van der Waals surface area contributed by atoms with E-state index in [-0.39, 0.29) is 0 Å². The number of hydrogen-bond donors (Lipinski definition) is 1. The summed E-state index contributed by atoms with van der Waals surface area (Å²) in [5.41, 5.74) is 5.17. The van der Waals surface area contributed by atoms with Crippen LogP contribution in [0.5, 0.6) is 5.75 Å². The Kier molecular flexibility index (Phi) is 4.36. The van der Waals surface area contributed by atoms with Crippen molar-refractivity contribution in [3.05, 3.63) is 60.2 Å². The van der Waals surface area contributed by atoms with Crippen LogP contribution in [-0.4, -0.2) is 13.3 Å². The lowest BCUT2D eigenvalue weighted by Gasteiger charge is -2.02. The van der Waals surface area contributed by atoms with E-state index in [2.05, 4.69) is 22.7 Å². The first kappa shape index (κ1) is 12.2. The van der Waals surface area contributed by atoms with Gasteiger partial charge in [-0.2, -0.15) is 5.10 Å². The van der Waals surface area contributed by atoms with Crippen LogP contribution in [0.3, 0.4) is 0 Å². The largest absolute Gasteiger partial charge is 0.497 e. The van der Waals surface area contributed by atoms with Crippen LogP contribution in [0.25, 0.3) is 0 Å². The van der Waals surface area contributed by atoms with Crippen LogP contribution in [0.2, 0.25) is 0 Å². The van der Waals surface area contributed by atoms with E-state index in [9.17, 15) is 0 Å². The average Bonchev–Trinajstić information content (AvgIpc) is 2.45. The summed E-state index contributed by atoms with van der Waals surface area (Å²) in [5, 5.41) is 4.18. The number of rotatable bonds is 5. The van der Waals surface area contributed by atoms with Gasteiger partial charge in [-0.1, -0.05) is 30.3 Å². The summed E-state index contributed by atoms with van der Waals surface area (Å²) < 4.78 is 5.09. The number of anilines is 1. The van der Waals surface area contributed by atoms with E-state index in [1.165, 1.54) is 5.56 Å². The number of benzene rings is 2. The minimum absolute atomic E-state index is 0.823. The predicted molar refractivity (Wildman–Crippen MR) is 75.3 cm³/mol. The van der Waals surface area contributed by atoms with E-state index in [4.69, 9.17) is 4.74 Å². The van der Waals surface area contributed by atoms with Gasteiger partial charge in [0.1, 0.15) is 5.75 Å². The zero-order chi connectivity index (χ0) is 12.6. The monoisotopic (exact) mass is 240 g/mol. The number of hydrogen-bond acceptors (Lipinski definition) is 3. The van der Waals surface area contributed by atoms with Gasteiger partial charge in [0, 0.05) is 12.6 Å². The molecule has 0 aliphatic heterocycles. The third-order valence-electron chi connectivity index (χ3n) is 2.54. The predicted octanol–water partition coefficient (Wildman–Crippen LogP) is 3.34. The topological polar surface area (TPSA) is 33.6 Å². The van der Waals surface area contributed by atoms with Crippen molar-refractivity contribution < 1.29 is 4.74 Å². The fraction of sp³-hybridized carbons (Fsp3) is 0.133. The average molecular weight is 240 g/mol. The third-order valence-corrected chi connectivity index (χ3v) is 2.54. The zero-order valence-corrected chi connectivity index (χ0v) is 10.3. The second-order valence-corrected chi connectivity index (χ2v) is 3.84. The molecule has 3 heteroatoms. The summed E-state index contributed by atoms with van der Waals surface area (Å²) in [7, 11) is 1.65. The van der Waals surface area contributed by atoms with E-state index in [0.29, 0.717) is 0 Å². The summed E-state index contributed by atoms with van der Waals surface area (Å²) in [6, 6.07) is 17.9. The van der Waals surface area contributed by atoms with Crippen molar-refractivity contribution in [3.63, 3.8) is 0 Å². The van der Waals surface area contributed by atoms with Crippen LogP contribution in [0.1, 0.15) is 5.56 Å². The van der Waals surface area contributed by atoms with Crippen LogP contribution < -0.4 is 10.2 Å². The van der Waals surface area contributed by atoms with Crippen molar-refractivity contribution in [2.75, 3.05) is 12.5 Å². The fourth-order valence-electron chi connectivity index (χ4n) is 1.55. The smallest absolute Gasteiger partial charge is 0.119 e. The summed E-state index contributed by atoms with van der Waals surface area (Å²) in [6.07, 6.45) is 2.68. The van der Waals surface area contributed by atoms with Gasteiger partial charge in [-0.3, -0.25) is 5.43 Å². The number of nitrogens with zero attached hydrogens (tertiary/aromatic N) is 1. The molecule has 2 rings (SSSR count). The number of hydrazone groups is 1. The molecule has 0 aromatic heterocycles. The van der Waals surface area contributed by atoms with Crippen molar-refractivity contribution in [2.45, 2.75) is 6.42 Å². The van der Waals surface area contributed by atoms with Gasteiger partial charge in [0.2, 0.25) is 0 Å². The molecule has 0 radical (unpaired) electrons. The first-order valence-electron chi connectivity index (χ1n) is 5.84. The molecule has 0 heterocycles. The third kappa shape index (κ3) is 3.63. The molecule has 0 atom stereocenters. The number of ether oxygens (including phenoxy) is 1. The van der Waals surface area contributed by atoms with Crippen molar-refractivity contribution >= 4 is 11.9 Å². The molecule has 2 aromatic carbocycles. The Labute approximate surface area is 107 Å². The molecule has 0 fully saturated rings. The van der Waals surface area contributed by atoms with E-state index in [1.807, 2.05) is 48.7 Å². The van der Waals surface area contributed by atoms with Gasteiger partial charge in [-0.05, 0) is 29.8 Å². The van der Waals surface area contributed by atoms with Crippen LogP contribution in [0.15, 0.2) is 59.7 Å². The lowest BCUT2D eigenvalue weighted by molar-refractivity contribution is 0.415. The molecule has 1 N–H and O–H groups in total. The first-order valence-corrected chi connectivity index (χ1v) is 5.84. The lowest BCUT2D eigenvalue weighted by atomic mass is 10.2. The molecule has 18 heavy (non-hydrogen) atoms. The molecule has 3 nitrogen and oxygen atoms in total. The highest BCUT2D eigenvalue weighted by Gasteiger charge is 1.91. The Morgan fingerprint density at radius 1 is 1.06 bits per heavy atom. The highest BCUT2D eigenvalue weighted by atomic mass is 16.5. The maximum absolute atomic E-state index is 5.09. The second-order valence-electron chi connectivity index (χ2n) is 3.84. The molecule has 0 bridgehead atoms. The summed E-state index contributed by atoms with van der Waals surface area (Å²) in [5.74, 6) is 0.841. The van der Waals surface area contributed by atoms with Crippen molar-refractivity contribution in [1.29, 1.82) is 0 Å². The second kappa shape index (κ2) is 6.45. The van der Waals surface area contributed by atoms with Crippen molar-refractivity contribution in [1.82, 2.24) is 0 Å². The molecular weight excluding hydrogens is 224 g/mol. The van der Waals surface area contributed by atoms with Crippen LogP contribution in [-0.2, 0) is 6.42 Å².